The molecule has 2 aromatic rings. The van der Waals surface area contributed by atoms with Gasteiger partial charge in [0.15, 0.2) is 16.6 Å². The molecule has 3 nitrogen and oxygen atoms in total. The maximum absolute atomic E-state index is 8.50. The first-order chi connectivity index (χ1) is 13.1. The van der Waals surface area contributed by atoms with Crippen molar-refractivity contribution in [2.24, 2.45) is 0 Å². The van der Waals surface area contributed by atoms with Crippen LogP contribution in [0.3, 0.4) is 0 Å². The summed E-state index contributed by atoms with van der Waals surface area (Å²) in [6.07, 6.45) is 2.38. The molecular weight excluding hydrogens is 378 g/mol. The molecule has 28 heavy (non-hydrogen) atoms. The number of hydrogen-bond acceptors (Lipinski definition) is 3. The molecule has 1 aliphatic heterocycles. The predicted molar refractivity (Wildman–Crippen MR) is 128 cm³/mol. The Morgan fingerprint density at radius 2 is 1.25 bits per heavy atom. The SMILES string of the molecule is C[Si](C)(C)O[Si](C)(C)C.OCC1CCCN1.c1ccc(-c2ccccc2)cc1. The molecule has 2 aromatic carbocycles. The zero-order chi connectivity index (χ0) is 21.0. The molecule has 156 valence electrons. The molecule has 0 saturated carbocycles. The second-order valence-electron chi connectivity index (χ2n) is 9.03. The number of nitrogens with one attached hydrogen (secondary N) is 1. The molecule has 0 amide bonds. The molecule has 1 saturated heterocycles. The maximum Gasteiger partial charge on any atom is 0.170 e. The summed E-state index contributed by atoms with van der Waals surface area (Å²) in [6.45, 7) is 14.8. The van der Waals surface area contributed by atoms with Gasteiger partial charge in [-0.15, -0.1) is 0 Å². The van der Waals surface area contributed by atoms with E-state index in [0.29, 0.717) is 12.6 Å². The zero-order valence-electron chi connectivity index (χ0n) is 18.5. The molecule has 5 heteroatoms. The highest BCUT2D eigenvalue weighted by molar-refractivity contribution is 6.83. The van der Waals surface area contributed by atoms with Crippen LogP contribution >= 0.6 is 0 Å². The molecule has 0 radical (unpaired) electrons. The Kier molecular flexibility index (Phi) is 10.9. The molecule has 1 atom stereocenters. The normalized spacial score (nSPS) is 16.5. The minimum Gasteiger partial charge on any atom is -0.456 e. The van der Waals surface area contributed by atoms with E-state index in [4.69, 9.17) is 9.22 Å². The Balaban J connectivity index is 0.000000219. The van der Waals surface area contributed by atoms with E-state index in [0.717, 1.165) is 13.0 Å². The standard InChI is InChI=1S/C12H10.C6H18OSi2.C5H11NO/c1-3-7-11(8-4-1)12-9-5-2-6-10-12;1-8(2,3)7-9(4,5)6;7-4-5-2-1-3-6-5/h1-10H;1-6H3;5-7H,1-4H2. The summed E-state index contributed by atoms with van der Waals surface area (Å²) in [5.41, 5.74) is 2.55. The van der Waals surface area contributed by atoms with E-state index < -0.39 is 16.6 Å². The minimum absolute atomic E-state index is 0.306. The lowest BCUT2D eigenvalue weighted by atomic mass is 10.1. The largest absolute Gasteiger partial charge is 0.456 e. The Labute approximate surface area is 174 Å². The fourth-order valence-electron chi connectivity index (χ4n) is 3.09. The lowest BCUT2D eigenvalue weighted by molar-refractivity contribution is 0.255. The van der Waals surface area contributed by atoms with Gasteiger partial charge in [0.2, 0.25) is 0 Å². The van der Waals surface area contributed by atoms with Gasteiger partial charge in [0.1, 0.15) is 0 Å². The van der Waals surface area contributed by atoms with Crippen molar-refractivity contribution in [3.63, 3.8) is 0 Å². The highest BCUT2D eigenvalue weighted by Crippen LogP contribution is 2.17. The van der Waals surface area contributed by atoms with E-state index in [-0.39, 0.29) is 0 Å². The van der Waals surface area contributed by atoms with E-state index in [9.17, 15) is 0 Å². The van der Waals surface area contributed by atoms with E-state index in [1.807, 2.05) is 12.1 Å². The lowest BCUT2D eigenvalue weighted by Gasteiger charge is -2.27. The van der Waals surface area contributed by atoms with Gasteiger partial charge < -0.3 is 14.5 Å². The van der Waals surface area contributed by atoms with Crippen molar-refractivity contribution in [1.29, 1.82) is 0 Å². The molecule has 0 aromatic heterocycles. The van der Waals surface area contributed by atoms with E-state index in [1.54, 1.807) is 0 Å². The summed E-state index contributed by atoms with van der Waals surface area (Å²) in [5, 5.41) is 11.7. The van der Waals surface area contributed by atoms with Crippen LogP contribution in [0.5, 0.6) is 0 Å². The number of aliphatic hydroxyl groups excluding tert-OH is 1. The number of benzene rings is 2. The molecule has 0 aliphatic carbocycles. The predicted octanol–water partition coefficient (Wildman–Crippen LogP) is 5.76. The van der Waals surface area contributed by atoms with Crippen molar-refractivity contribution in [2.45, 2.75) is 58.2 Å². The first-order valence-corrected chi connectivity index (χ1v) is 17.1. The third kappa shape index (κ3) is 12.3. The quantitative estimate of drug-likeness (QED) is 0.622. The van der Waals surface area contributed by atoms with Crippen molar-refractivity contribution in [1.82, 2.24) is 5.32 Å². The maximum atomic E-state index is 8.50. The monoisotopic (exact) mass is 417 g/mol. The summed E-state index contributed by atoms with van der Waals surface area (Å²) in [6, 6.07) is 21.2. The zero-order valence-corrected chi connectivity index (χ0v) is 20.5. The topological polar surface area (TPSA) is 41.5 Å². The Morgan fingerprint density at radius 1 is 0.821 bits per heavy atom. The second-order valence-corrected chi connectivity index (χ2v) is 18.3. The molecule has 1 unspecified atom stereocenters. The Bertz CT molecular complexity index is 582. The summed E-state index contributed by atoms with van der Waals surface area (Å²) in [7, 11) is -2.46. The van der Waals surface area contributed by atoms with Crippen LogP contribution in [0.2, 0.25) is 39.3 Å². The van der Waals surface area contributed by atoms with Gasteiger partial charge >= 0.3 is 0 Å². The van der Waals surface area contributed by atoms with Crippen molar-refractivity contribution < 1.29 is 9.22 Å². The third-order valence-corrected chi connectivity index (χ3v) is 8.78. The van der Waals surface area contributed by atoms with Gasteiger partial charge in [-0.25, -0.2) is 0 Å². The molecule has 2 N–H and O–H groups in total. The molecule has 1 aliphatic rings. The summed E-state index contributed by atoms with van der Waals surface area (Å²) in [4.78, 5) is 0. The van der Waals surface area contributed by atoms with Crippen molar-refractivity contribution in [3.8, 4) is 11.1 Å². The minimum atomic E-state index is -1.23. The van der Waals surface area contributed by atoms with Crippen molar-refractivity contribution in [2.75, 3.05) is 13.2 Å². The van der Waals surface area contributed by atoms with Crippen LogP contribution in [-0.2, 0) is 4.12 Å². The van der Waals surface area contributed by atoms with E-state index in [1.165, 1.54) is 17.5 Å². The van der Waals surface area contributed by atoms with Gasteiger partial charge in [-0.3, -0.25) is 0 Å². The summed E-state index contributed by atoms with van der Waals surface area (Å²) < 4.78 is 5.90. The van der Waals surface area contributed by atoms with Crippen LogP contribution in [0.25, 0.3) is 11.1 Å². The van der Waals surface area contributed by atoms with Crippen LogP contribution < -0.4 is 5.32 Å². The van der Waals surface area contributed by atoms with Crippen LogP contribution in [-0.4, -0.2) is 40.9 Å². The highest BCUT2D eigenvalue weighted by Gasteiger charge is 2.24. The first-order valence-electron chi connectivity index (χ1n) is 10.3. The van der Waals surface area contributed by atoms with Crippen molar-refractivity contribution >= 4 is 16.6 Å². The van der Waals surface area contributed by atoms with Gasteiger partial charge in [0.25, 0.3) is 0 Å². The van der Waals surface area contributed by atoms with Gasteiger partial charge in [-0.2, -0.15) is 0 Å². The van der Waals surface area contributed by atoms with Gasteiger partial charge in [-0.05, 0) is 69.8 Å². The summed E-state index contributed by atoms with van der Waals surface area (Å²) in [5.74, 6) is 0. The molecule has 1 heterocycles. The Morgan fingerprint density at radius 3 is 1.46 bits per heavy atom. The molecular formula is C23H39NO2Si2. The second kappa shape index (κ2) is 12.3. The molecule has 0 spiro atoms. The highest BCUT2D eigenvalue weighted by atomic mass is 28.4. The molecule has 0 bridgehead atoms. The van der Waals surface area contributed by atoms with Crippen LogP contribution in [0.1, 0.15) is 12.8 Å². The first kappa shape index (κ1) is 24.8. The molecule has 3 rings (SSSR count). The van der Waals surface area contributed by atoms with E-state index >= 15 is 0 Å². The van der Waals surface area contributed by atoms with Crippen molar-refractivity contribution in [3.05, 3.63) is 60.7 Å². The average molecular weight is 418 g/mol. The smallest absolute Gasteiger partial charge is 0.170 e. The number of aliphatic hydroxyl groups is 1. The van der Waals surface area contributed by atoms with Gasteiger partial charge in [0, 0.05) is 6.04 Å². The fraction of sp³-hybridized carbons (Fsp3) is 0.478. The third-order valence-electron chi connectivity index (χ3n) is 3.88. The Hall–Kier alpha value is -1.25. The lowest BCUT2D eigenvalue weighted by Crippen LogP contribution is -2.39. The number of hydrogen-bond donors (Lipinski definition) is 2. The van der Waals surface area contributed by atoms with Crippen LogP contribution in [0, 0.1) is 0 Å². The van der Waals surface area contributed by atoms with Gasteiger partial charge in [-0.1, -0.05) is 60.7 Å². The van der Waals surface area contributed by atoms with Gasteiger partial charge in [0.05, 0.1) is 6.61 Å². The molecule has 1 fully saturated rings. The fourth-order valence-corrected chi connectivity index (χ4v) is 10.4. The summed E-state index contributed by atoms with van der Waals surface area (Å²) >= 11 is 0. The number of rotatable bonds is 4. The van der Waals surface area contributed by atoms with Crippen LogP contribution in [0.15, 0.2) is 60.7 Å². The average Bonchev–Trinajstić information content (AvgIpc) is 3.15. The van der Waals surface area contributed by atoms with E-state index in [2.05, 4.69) is 93.1 Å². The van der Waals surface area contributed by atoms with Crippen LogP contribution in [0.4, 0.5) is 0 Å².